The second-order valence-electron chi connectivity index (χ2n) is 11.2. The summed E-state index contributed by atoms with van der Waals surface area (Å²) in [6, 6.07) is 21.9. The van der Waals surface area contributed by atoms with Crippen LogP contribution >= 0.6 is 0 Å². The lowest BCUT2D eigenvalue weighted by molar-refractivity contribution is -0.115. The van der Waals surface area contributed by atoms with Crippen molar-refractivity contribution in [1.82, 2.24) is 14.7 Å². The van der Waals surface area contributed by atoms with Gasteiger partial charge >= 0.3 is 0 Å². The Kier molecular flexibility index (Phi) is 7.98. The fourth-order valence-corrected chi connectivity index (χ4v) is 5.70. The van der Waals surface area contributed by atoms with E-state index < -0.39 is 5.92 Å². The Labute approximate surface area is 250 Å². The molecule has 0 radical (unpaired) electrons. The van der Waals surface area contributed by atoms with E-state index in [2.05, 4.69) is 37.8 Å². The average molecular weight is 575 g/mol. The number of nitrogens with one attached hydrogen (secondary N) is 2. The summed E-state index contributed by atoms with van der Waals surface area (Å²) in [5.41, 5.74) is 5.97. The third kappa shape index (κ3) is 6.32. The topological polar surface area (TPSA) is 109 Å². The first-order chi connectivity index (χ1) is 20.8. The quantitative estimate of drug-likeness (QED) is 0.209. The highest BCUT2D eigenvalue weighted by atomic mass is 16.2. The normalized spacial score (nSPS) is 16.4. The highest BCUT2D eigenvalue weighted by molar-refractivity contribution is 6.15. The van der Waals surface area contributed by atoms with E-state index in [-0.39, 0.29) is 17.6 Å². The zero-order valence-electron chi connectivity index (χ0n) is 24.3. The minimum atomic E-state index is -0.539. The van der Waals surface area contributed by atoms with E-state index in [0.29, 0.717) is 28.2 Å². The first-order valence-corrected chi connectivity index (χ1v) is 14.6. The number of anilines is 2. The SMILES string of the molecule is Cc1cc(C(=O)Nc2cccc(C(=O)c3ccc4c(c3)NC(=O)C4C=Nc3ccc(CCN4CCCC4)cc3)c2)n(C)n1. The number of amides is 2. The maximum atomic E-state index is 13.4. The number of hydrogen-bond acceptors (Lipinski definition) is 6. The maximum absolute atomic E-state index is 13.4. The van der Waals surface area contributed by atoms with Crippen molar-refractivity contribution in [2.45, 2.75) is 32.1 Å². The van der Waals surface area contributed by atoms with Gasteiger partial charge in [0.2, 0.25) is 5.91 Å². The molecule has 43 heavy (non-hydrogen) atoms. The van der Waals surface area contributed by atoms with Gasteiger partial charge in [0.15, 0.2) is 5.78 Å². The third-order valence-electron chi connectivity index (χ3n) is 8.03. The van der Waals surface area contributed by atoms with Gasteiger partial charge in [-0.2, -0.15) is 5.10 Å². The number of aryl methyl sites for hydroxylation is 2. The Morgan fingerprint density at radius 2 is 1.79 bits per heavy atom. The molecule has 1 saturated heterocycles. The van der Waals surface area contributed by atoms with E-state index in [0.717, 1.165) is 29.9 Å². The monoisotopic (exact) mass is 574 g/mol. The maximum Gasteiger partial charge on any atom is 0.273 e. The van der Waals surface area contributed by atoms with Crippen molar-refractivity contribution in [1.29, 1.82) is 0 Å². The summed E-state index contributed by atoms with van der Waals surface area (Å²) in [4.78, 5) is 46.0. The number of rotatable bonds is 9. The molecule has 1 unspecified atom stereocenters. The van der Waals surface area contributed by atoms with Crippen LogP contribution in [-0.4, -0.2) is 58.1 Å². The van der Waals surface area contributed by atoms with Crippen LogP contribution < -0.4 is 10.6 Å². The van der Waals surface area contributed by atoms with Gasteiger partial charge in [-0.1, -0.05) is 36.4 Å². The van der Waals surface area contributed by atoms with Crippen LogP contribution in [0.3, 0.4) is 0 Å². The van der Waals surface area contributed by atoms with Crippen LogP contribution in [0.1, 0.15) is 62.0 Å². The molecule has 0 saturated carbocycles. The molecule has 2 aliphatic rings. The average Bonchev–Trinajstić information content (AvgIpc) is 3.73. The largest absolute Gasteiger partial charge is 0.325 e. The van der Waals surface area contributed by atoms with Gasteiger partial charge in [-0.3, -0.25) is 24.1 Å². The number of benzene rings is 3. The van der Waals surface area contributed by atoms with Gasteiger partial charge in [0.1, 0.15) is 11.6 Å². The first-order valence-electron chi connectivity index (χ1n) is 14.6. The molecular weight excluding hydrogens is 540 g/mol. The number of fused-ring (bicyclic) bond motifs is 1. The molecular formula is C34H34N6O3. The summed E-state index contributed by atoms with van der Waals surface area (Å²) >= 11 is 0. The van der Waals surface area contributed by atoms with Gasteiger partial charge < -0.3 is 15.5 Å². The van der Waals surface area contributed by atoms with Gasteiger partial charge in [0.05, 0.1) is 11.4 Å². The fourth-order valence-electron chi connectivity index (χ4n) is 5.70. The van der Waals surface area contributed by atoms with E-state index >= 15 is 0 Å². The van der Waals surface area contributed by atoms with Crippen molar-refractivity contribution in [2.75, 3.05) is 30.3 Å². The van der Waals surface area contributed by atoms with E-state index in [9.17, 15) is 14.4 Å². The summed E-state index contributed by atoms with van der Waals surface area (Å²) in [5, 5.41) is 9.94. The van der Waals surface area contributed by atoms with Gasteiger partial charge in [-0.25, -0.2) is 0 Å². The Morgan fingerprint density at radius 1 is 1.02 bits per heavy atom. The highest BCUT2D eigenvalue weighted by Gasteiger charge is 2.30. The molecule has 2 aliphatic heterocycles. The molecule has 0 bridgehead atoms. The van der Waals surface area contributed by atoms with Crippen LogP contribution in [0.2, 0.25) is 0 Å². The first kappa shape index (κ1) is 28.2. The van der Waals surface area contributed by atoms with Crippen LogP contribution in [0.5, 0.6) is 0 Å². The van der Waals surface area contributed by atoms with Gasteiger partial charge in [-0.05, 0) is 86.8 Å². The number of hydrogen-bond donors (Lipinski definition) is 2. The highest BCUT2D eigenvalue weighted by Crippen LogP contribution is 2.33. The fraction of sp³-hybridized carbons (Fsp3) is 0.265. The molecule has 4 aromatic rings. The molecule has 2 amide bonds. The van der Waals surface area contributed by atoms with Crippen molar-refractivity contribution in [3.05, 3.63) is 106 Å². The van der Waals surface area contributed by atoms with E-state index in [1.807, 2.05) is 19.1 Å². The summed E-state index contributed by atoms with van der Waals surface area (Å²) < 4.78 is 1.52. The lowest BCUT2D eigenvalue weighted by atomic mass is 9.97. The van der Waals surface area contributed by atoms with Crippen molar-refractivity contribution in [3.63, 3.8) is 0 Å². The minimum Gasteiger partial charge on any atom is -0.325 e. The number of likely N-dealkylation sites (tertiary alicyclic amines) is 1. The Morgan fingerprint density at radius 3 is 2.53 bits per heavy atom. The number of ketones is 1. The van der Waals surface area contributed by atoms with Gasteiger partial charge in [-0.15, -0.1) is 0 Å². The van der Waals surface area contributed by atoms with Crippen molar-refractivity contribution >= 4 is 40.9 Å². The number of aliphatic imine (C=N–C) groups is 1. The lowest BCUT2D eigenvalue weighted by Crippen LogP contribution is -2.21. The molecule has 1 aromatic heterocycles. The zero-order valence-corrected chi connectivity index (χ0v) is 24.3. The summed E-state index contributed by atoms with van der Waals surface area (Å²) in [5.74, 6) is -1.25. The molecule has 218 valence electrons. The predicted molar refractivity (Wildman–Crippen MR) is 168 cm³/mol. The van der Waals surface area contributed by atoms with Gasteiger partial charge in [0.25, 0.3) is 5.91 Å². The second-order valence-corrected chi connectivity index (χ2v) is 11.2. The number of nitrogens with zero attached hydrogens (tertiary/aromatic N) is 4. The molecule has 3 aromatic carbocycles. The van der Waals surface area contributed by atoms with Gasteiger partial charge in [0, 0.05) is 42.3 Å². The van der Waals surface area contributed by atoms with Crippen LogP contribution in [-0.2, 0) is 18.3 Å². The minimum absolute atomic E-state index is 0.180. The molecule has 1 atom stereocenters. The summed E-state index contributed by atoms with van der Waals surface area (Å²) in [6.45, 7) is 5.30. The molecule has 6 rings (SSSR count). The van der Waals surface area contributed by atoms with Crippen molar-refractivity contribution < 1.29 is 14.4 Å². The summed E-state index contributed by atoms with van der Waals surface area (Å²) in [6.07, 6.45) is 5.28. The van der Waals surface area contributed by atoms with E-state index in [1.54, 1.807) is 61.8 Å². The van der Waals surface area contributed by atoms with Crippen LogP contribution in [0.4, 0.5) is 17.1 Å². The second kappa shape index (κ2) is 12.1. The van der Waals surface area contributed by atoms with E-state index in [1.165, 1.54) is 36.2 Å². The molecule has 0 aliphatic carbocycles. The lowest BCUT2D eigenvalue weighted by Gasteiger charge is -2.14. The summed E-state index contributed by atoms with van der Waals surface area (Å²) in [7, 11) is 1.71. The zero-order chi connectivity index (χ0) is 29.9. The van der Waals surface area contributed by atoms with Crippen LogP contribution in [0.25, 0.3) is 0 Å². The number of aromatic nitrogens is 2. The molecule has 9 heteroatoms. The third-order valence-corrected chi connectivity index (χ3v) is 8.03. The van der Waals surface area contributed by atoms with Crippen molar-refractivity contribution in [3.8, 4) is 0 Å². The molecule has 0 spiro atoms. The van der Waals surface area contributed by atoms with Crippen LogP contribution in [0.15, 0.2) is 77.8 Å². The molecule has 2 N–H and O–H groups in total. The predicted octanol–water partition coefficient (Wildman–Crippen LogP) is 5.29. The van der Waals surface area contributed by atoms with Crippen LogP contribution in [0, 0.1) is 6.92 Å². The number of carbonyl (C=O) groups is 3. The van der Waals surface area contributed by atoms with Crippen molar-refractivity contribution in [2.24, 2.45) is 12.0 Å². The Bertz CT molecular complexity index is 1720. The Balaban J connectivity index is 1.11. The molecule has 3 heterocycles. The smallest absolute Gasteiger partial charge is 0.273 e. The Hall–Kier alpha value is -4.89. The molecule has 1 fully saturated rings. The standard InChI is InChI=1S/C34H34N6O3/c1-22-18-31(39(2)38-22)34(43)36-27-7-5-6-24(19-27)32(41)25-10-13-28-29(33(42)37-30(28)20-25)21-35-26-11-8-23(9-12-26)14-17-40-15-3-4-16-40/h5-13,18-21,29H,3-4,14-17H2,1-2H3,(H,36,43)(H,37,42). The number of carbonyl (C=O) groups excluding carboxylic acids is 3. The molecule has 9 nitrogen and oxygen atoms in total. The van der Waals surface area contributed by atoms with E-state index in [4.69, 9.17) is 0 Å².